The van der Waals surface area contributed by atoms with E-state index in [1.54, 1.807) is 7.11 Å². The predicted octanol–water partition coefficient (Wildman–Crippen LogP) is 3.77. The number of para-hydroxylation sites is 1. The number of carbonyl (C=O) groups excluding carboxylic acids is 1. The molecule has 5 nitrogen and oxygen atoms in total. The number of alkyl halides is 1. The van der Waals surface area contributed by atoms with Crippen molar-refractivity contribution in [2.45, 2.75) is 44.7 Å². The molecular formula is C17H23BrN2O3. The number of benzene rings is 1. The Morgan fingerprint density at radius 1 is 1.39 bits per heavy atom. The molecule has 2 rings (SSSR count). The van der Waals surface area contributed by atoms with Gasteiger partial charge in [0.05, 0.1) is 24.4 Å². The third-order valence-corrected chi connectivity index (χ3v) is 4.25. The summed E-state index contributed by atoms with van der Waals surface area (Å²) in [7, 11) is 1.66. The molecule has 6 heteroatoms. The second kappa shape index (κ2) is 7.01. The van der Waals surface area contributed by atoms with Crippen molar-refractivity contribution in [1.29, 1.82) is 0 Å². The van der Waals surface area contributed by atoms with Crippen LogP contribution in [0.15, 0.2) is 18.2 Å². The molecule has 0 amide bonds. The first-order valence-electron chi connectivity index (χ1n) is 7.56. The molecule has 0 bridgehead atoms. The minimum Gasteiger partial charge on any atom is -0.459 e. The molecule has 126 valence electrons. The number of fused-ring (bicyclic) bond motifs is 1. The predicted molar refractivity (Wildman–Crippen MR) is 93.9 cm³/mol. The van der Waals surface area contributed by atoms with Gasteiger partial charge in [-0.15, -0.1) is 0 Å². The Morgan fingerprint density at radius 3 is 2.70 bits per heavy atom. The van der Waals surface area contributed by atoms with Crippen LogP contribution in [0.3, 0.4) is 0 Å². The highest BCUT2D eigenvalue weighted by atomic mass is 79.9. The summed E-state index contributed by atoms with van der Waals surface area (Å²) in [6.07, 6.45) is 0. The van der Waals surface area contributed by atoms with Gasteiger partial charge in [-0.25, -0.2) is 0 Å². The number of carbonyl (C=O) groups is 1. The van der Waals surface area contributed by atoms with E-state index in [0.29, 0.717) is 13.2 Å². The fourth-order valence-electron chi connectivity index (χ4n) is 2.45. The van der Waals surface area contributed by atoms with E-state index in [0.717, 1.165) is 22.2 Å². The van der Waals surface area contributed by atoms with Crippen molar-refractivity contribution in [2.75, 3.05) is 13.7 Å². The van der Waals surface area contributed by atoms with Crippen LogP contribution in [0.2, 0.25) is 0 Å². The highest BCUT2D eigenvalue weighted by Crippen LogP contribution is 2.33. The van der Waals surface area contributed by atoms with Gasteiger partial charge in [0.1, 0.15) is 10.4 Å². The molecule has 1 unspecified atom stereocenters. The van der Waals surface area contributed by atoms with Crippen LogP contribution in [0.5, 0.6) is 0 Å². The molecule has 2 aromatic rings. The molecule has 0 aliphatic carbocycles. The lowest BCUT2D eigenvalue weighted by Crippen LogP contribution is -2.26. The molecule has 0 radical (unpaired) electrons. The van der Waals surface area contributed by atoms with Gasteiger partial charge in [0, 0.05) is 18.1 Å². The average molecular weight is 383 g/mol. The topological polar surface area (TPSA) is 53.4 Å². The van der Waals surface area contributed by atoms with Crippen molar-refractivity contribution in [1.82, 2.24) is 9.78 Å². The van der Waals surface area contributed by atoms with Crippen molar-refractivity contribution in [3.63, 3.8) is 0 Å². The first-order chi connectivity index (χ1) is 10.7. The number of methoxy groups -OCH3 is 1. The van der Waals surface area contributed by atoms with Crippen molar-refractivity contribution < 1.29 is 14.3 Å². The van der Waals surface area contributed by atoms with Gasteiger partial charge < -0.3 is 9.47 Å². The number of nitrogens with zero attached hydrogens (tertiary/aromatic N) is 2. The molecule has 1 atom stereocenters. The quantitative estimate of drug-likeness (QED) is 0.583. The molecule has 1 aromatic heterocycles. The van der Waals surface area contributed by atoms with E-state index in [9.17, 15) is 4.79 Å². The summed E-state index contributed by atoms with van der Waals surface area (Å²) in [4.78, 5) is 11.9. The maximum Gasteiger partial charge on any atom is 0.324 e. The fourth-order valence-corrected chi connectivity index (χ4v) is 2.91. The summed E-state index contributed by atoms with van der Waals surface area (Å²) in [5.41, 5.74) is 2.20. The number of esters is 1. The van der Waals surface area contributed by atoms with Gasteiger partial charge in [0.25, 0.3) is 0 Å². The molecule has 1 aromatic carbocycles. The maximum atomic E-state index is 12.4. The summed E-state index contributed by atoms with van der Waals surface area (Å²) < 4.78 is 12.5. The number of hydrogen-bond acceptors (Lipinski definition) is 4. The van der Waals surface area contributed by atoms with Crippen LogP contribution in [0, 0.1) is 6.92 Å². The van der Waals surface area contributed by atoms with Gasteiger partial charge in [-0.2, -0.15) is 5.10 Å². The Kier molecular flexibility index (Phi) is 5.47. The lowest BCUT2D eigenvalue weighted by Gasteiger charge is -2.22. The zero-order valence-corrected chi connectivity index (χ0v) is 15.8. The van der Waals surface area contributed by atoms with E-state index < -0.39 is 10.4 Å². The van der Waals surface area contributed by atoms with E-state index in [-0.39, 0.29) is 5.97 Å². The number of aromatic nitrogens is 2. The Hall–Kier alpha value is -1.40. The normalized spacial score (nSPS) is 13.3. The third-order valence-electron chi connectivity index (χ3n) is 3.38. The summed E-state index contributed by atoms with van der Waals surface area (Å²) in [5.74, 6) is -0.304. The molecule has 0 saturated heterocycles. The highest BCUT2D eigenvalue weighted by molar-refractivity contribution is 9.09. The van der Waals surface area contributed by atoms with Crippen molar-refractivity contribution in [3.05, 3.63) is 29.5 Å². The standard InChI is InChI=1S/C17H23BrN2O3/c1-11-12-7-6-8-13(14(18)16(21)23-17(2,3)4)15(12)20(19-11)9-10-22-5/h6-8,14H,9-10H2,1-5H3. The first-order valence-corrected chi connectivity index (χ1v) is 8.48. The lowest BCUT2D eigenvalue weighted by molar-refractivity contribution is -0.154. The van der Waals surface area contributed by atoms with Crippen LogP contribution >= 0.6 is 15.9 Å². The third kappa shape index (κ3) is 4.12. The minimum atomic E-state index is -0.539. The fraction of sp³-hybridized carbons (Fsp3) is 0.529. The number of halogens is 1. The zero-order valence-electron chi connectivity index (χ0n) is 14.2. The van der Waals surface area contributed by atoms with Crippen LogP contribution in [0.1, 0.15) is 36.9 Å². The van der Waals surface area contributed by atoms with Crippen molar-refractivity contribution >= 4 is 32.8 Å². The molecule has 23 heavy (non-hydrogen) atoms. The van der Waals surface area contributed by atoms with Gasteiger partial charge in [0.2, 0.25) is 0 Å². The van der Waals surface area contributed by atoms with Gasteiger partial charge in [-0.05, 0) is 27.7 Å². The average Bonchev–Trinajstić information content (AvgIpc) is 2.79. The van der Waals surface area contributed by atoms with Crippen molar-refractivity contribution in [3.8, 4) is 0 Å². The van der Waals surface area contributed by atoms with Crippen LogP contribution in [0.4, 0.5) is 0 Å². The Balaban J connectivity index is 2.45. The highest BCUT2D eigenvalue weighted by Gasteiger charge is 2.27. The molecule has 1 heterocycles. The number of hydrogen-bond donors (Lipinski definition) is 0. The number of aryl methyl sites for hydroxylation is 1. The SMILES string of the molecule is COCCn1nc(C)c2cccc(C(Br)C(=O)OC(C)(C)C)c21. The second-order valence-electron chi connectivity index (χ2n) is 6.44. The molecule has 0 N–H and O–H groups in total. The van der Waals surface area contributed by atoms with E-state index in [2.05, 4.69) is 21.0 Å². The molecule has 0 saturated carbocycles. The summed E-state index contributed by atoms with van der Waals surface area (Å²) in [6.45, 7) is 8.73. The van der Waals surface area contributed by atoms with Gasteiger partial charge >= 0.3 is 5.97 Å². The first kappa shape index (κ1) is 17.9. The Morgan fingerprint density at radius 2 is 2.09 bits per heavy atom. The van der Waals surface area contributed by atoms with E-state index in [1.807, 2.05) is 50.6 Å². The van der Waals surface area contributed by atoms with E-state index in [1.165, 1.54) is 0 Å². The summed E-state index contributed by atoms with van der Waals surface area (Å²) in [6, 6.07) is 5.88. The Labute approximate surface area is 145 Å². The van der Waals surface area contributed by atoms with Gasteiger partial charge in [-0.3, -0.25) is 9.48 Å². The van der Waals surface area contributed by atoms with E-state index >= 15 is 0 Å². The van der Waals surface area contributed by atoms with Crippen LogP contribution in [-0.4, -0.2) is 35.1 Å². The van der Waals surface area contributed by atoms with Crippen LogP contribution in [-0.2, 0) is 20.8 Å². The van der Waals surface area contributed by atoms with Crippen LogP contribution < -0.4 is 0 Å². The minimum absolute atomic E-state index is 0.304. The molecular weight excluding hydrogens is 360 g/mol. The lowest BCUT2D eigenvalue weighted by atomic mass is 10.1. The van der Waals surface area contributed by atoms with Crippen molar-refractivity contribution in [2.24, 2.45) is 0 Å². The molecule has 0 aliphatic heterocycles. The van der Waals surface area contributed by atoms with Gasteiger partial charge in [-0.1, -0.05) is 34.1 Å². The molecule has 0 aliphatic rings. The van der Waals surface area contributed by atoms with Crippen LogP contribution in [0.25, 0.3) is 10.9 Å². The van der Waals surface area contributed by atoms with E-state index in [4.69, 9.17) is 9.47 Å². The molecule has 0 spiro atoms. The Bertz CT molecular complexity index is 704. The smallest absolute Gasteiger partial charge is 0.324 e. The molecule has 0 fully saturated rings. The summed E-state index contributed by atoms with van der Waals surface area (Å²) >= 11 is 3.49. The monoisotopic (exact) mass is 382 g/mol. The second-order valence-corrected chi connectivity index (χ2v) is 7.36. The van der Waals surface area contributed by atoms with Gasteiger partial charge in [0.15, 0.2) is 0 Å². The zero-order chi connectivity index (χ0) is 17.2. The maximum absolute atomic E-state index is 12.4. The largest absolute Gasteiger partial charge is 0.459 e. The number of rotatable bonds is 5. The summed E-state index contributed by atoms with van der Waals surface area (Å²) in [5, 5.41) is 5.60. The number of ether oxygens (including phenoxy) is 2.